The van der Waals surface area contributed by atoms with E-state index in [1.807, 2.05) is 0 Å². The van der Waals surface area contributed by atoms with Gasteiger partial charge in [-0.2, -0.15) is 0 Å². The first kappa shape index (κ1) is 12.7. The predicted molar refractivity (Wildman–Crippen MR) is 59.2 cm³/mol. The maximum absolute atomic E-state index is 10.8. The van der Waals surface area contributed by atoms with E-state index in [9.17, 15) is 14.9 Å². The smallest absolute Gasteiger partial charge is 0.310 e. The fourth-order valence-electron chi connectivity index (χ4n) is 1.19. The molecular weight excluding hydrogens is 257 g/mol. The summed E-state index contributed by atoms with van der Waals surface area (Å²) in [4.78, 5) is 20.8. The van der Waals surface area contributed by atoms with Crippen molar-refractivity contribution in [2.75, 3.05) is 0 Å². The summed E-state index contributed by atoms with van der Waals surface area (Å²) in [6, 6.07) is 2.26. The third-order valence-electron chi connectivity index (χ3n) is 2.10. The van der Waals surface area contributed by atoms with Gasteiger partial charge in [-0.05, 0) is 13.0 Å². The summed E-state index contributed by atoms with van der Waals surface area (Å²) >= 11 is 11.3. The highest BCUT2D eigenvalue weighted by Crippen LogP contribution is 2.34. The molecular formula is C9H7Cl2NO4. The quantitative estimate of drug-likeness (QED) is 0.671. The van der Waals surface area contributed by atoms with Crippen LogP contribution < -0.4 is 0 Å². The van der Waals surface area contributed by atoms with Crippen LogP contribution in [0.4, 0.5) is 5.69 Å². The molecule has 86 valence electrons. The van der Waals surface area contributed by atoms with Gasteiger partial charge in [0.15, 0.2) is 0 Å². The number of aliphatic carboxylic acids is 1. The summed E-state index contributed by atoms with van der Waals surface area (Å²) in [7, 11) is 0. The molecule has 0 aliphatic heterocycles. The molecule has 0 amide bonds. The van der Waals surface area contributed by atoms with Gasteiger partial charge in [0.05, 0.1) is 20.9 Å². The lowest BCUT2D eigenvalue weighted by molar-refractivity contribution is -0.385. The molecule has 0 aliphatic rings. The number of halogens is 2. The van der Waals surface area contributed by atoms with Crippen molar-refractivity contribution >= 4 is 34.9 Å². The van der Waals surface area contributed by atoms with Crippen LogP contribution in [0.15, 0.2) is 12.1 Å². The van der Waals surface area contributed by atoms with Gasteiger partial charge in [0.1, 0.15) is 0 Å². The number of rotatable bonds is 3. The minimum absolute atomic E-state index is 0.0229. The van der Waals surface area contributed by atoms with Gasteiger partial charge in [0.25, 0.3) is 5.69 Å². The standard InChI is InChI=1S/C9H7Cl2NO4/c1-4(9(13)14)5-2-6(10)7(11)3-8(5)12(15)16/h2-4H,1H3,(H,13,14). The molecule has 0 aliphatic carbocycles. The van der Waals surface area contributed by atoms with E-state index in [-0.39, 0.29) is 21.3 Å². The number of nitro benzene ring substituents is 1. The van der Waals surface area contributed by atoms with E-state index >= 15 is 0 Å². The van der Waals surface area contributed by atoms with Crippen molar-refractivity contribution in [2.45, 2.75) is 12.8 Å². The first-order chi connectivity index (χ1) is 7.34. The number of carbonyl (C=O) groups is 1. The van der Waals surface area contributed by atoms with Crippen LogP contribution in [-0.4, -0.2) is 16.0 Å². The lowest BCUT2D eigenvalue weighted by atomic mass is 9.99. The maximum Gasteiger partial charge on any atom is 0.310 e. The second-order valence-electron chi connectivity index (χ2n) is 3.14. The molecule has 0 heterocycles. The Morgan fingerprint density at radius 2 is 1.94 bits per heavy atom. The van der Waals surface area contributed by atoms with Crippen LogP contribution in [0.1, 0.15) is 18.4 Å². The molecule has 0 aromatic heterocycles. The third-order valence-corrected chi connectivity index (χ3v) is 2.83. The fraction of sp³-hybridized carbons (Fsp3) is 0.222. The summed E-state index contributed by atoms with van der Waals surface area (Å²) in [6.45, 7) is 1.34. The molecule has 0 fully saturated rings. The van der Waals surface area contributed by atoms with Crippen LogP contribution in [0, 0.1) is 10.1 Å². The number of hydrogen-bond acceptors (Lipinski definition) is 3. The molecule has 0 radical (unpaired) electrons. The molecule has 16 heavy (non-hydrogen) atoms. The summed E-state index contributed by atoms with van der Waals surface area (Å²) in [6.07, 6.45) is 0. The zero-order valence-corrected chi connectivity index (χ0v) is 9.62. The number of carboxylic acids is 1. The van der Waals surface area contributed by atoms with Gasteiger partial charge in [-0.15, -0.1) is 0 Å². The van der Waals surface area contributed by atoms with E-state index < -0.39 is 16.8 Å². The van der Waals surface area contributed by atoms with Gasteiger partial charge >= 0.3 is 5.97 Å². The van der Waals surface area contributed by atoms with E-state index in [1.165, 1.54) is 13.0 Å². The lowest BCUT2D eigenvalue weighted by Crippen LogP contribution is -2.09. The summed E-state index contributed by atoms with van der Waals surface area (Å²) < 4.78 is 0. The summed E-state index contributed by atoms with van der Waals surface area (Å²) in [5, 5.41) is 19.6. The lowest BCUT2D eigenvalue weighted by Gasteiger charge is -2.08. The predicted octanol–water partition coefficient (Wildman–Crippen LogP) is 3.09. The zero-order chi connectivity index (χ0) is 12.5. The van der Waals surface area contributed by atoms with Gasteiger partial charge in [-0.3, -0.25) is 14.9 Å². The number of hydrogen-bond donors (Lipinski definition) is 1. The minimum atomic E-state index is -1.17. The first-order valence-electron chi connectivity index (χ1n) is 4.20. The molecule has 7 heteroatoms. The van der Waals surface area contributed by atoms with Crippen LogP contribution in [0.5, 0.6) is 0 Å². The average molecular weight is 264 g/mol. The van der Waals surface area contributed by atoms with E-state index in [1.54, 1.807) is 0 Å². The number of nitro groups is 1. The summed E-state index contributed by atoms with van der Waals surface area (Å²) in [5.41, 5.74) is -0.309. The monoisotopic (exact) mass is 263 g/mol. The molecule has 0 spiro atoms. The van der Waals surface area contributed by atoms with Gasteiger partial charge in [-0.25, -0.2) is 0 Å². The fourth-order valence-corrected chi connectivity index (χ4v) is 1.52. The molecule has 1 rings (SSSR count). The number of benzene rings is 1. The van der Waals surface area contributed by atoms with Crippen molar-refractivity contribution in [3.63, 3.8) is 0 Å². The van der Waals surface area contributed by atoms with Gasteiger partial charge in [-0.1, -0.05) is 23.2 Å². The van der Waals surface area contributed by atoms with Crippen LogP contribution in [0.2, 0.25) is 10.0 Å². The highest BCUT2D eigenvalue weighted by atomic mass is 35.5. The van der Waals surface area contributed by atoms with Crippen molar-refractivity contribution in [1.82, 2.24) is 0 Å². The Hall–Kier alpha value is -1.33. The second kappa shape index (κ2) is 4.67. The molecule has 0 saturated heterocycles. The minimum Gasteiger partial charge on any atom is -0.481 e. The maximum atomic E-state index is 10.8. The molecule has 1 N–H and O–H groups in total. The molecule has 1 aromatic rings. The topological polar surface area (TPSA) is 80.4 Å². The Morgan fingerprint density at radius 3 is 2.38 bits per heavy atom. The Balaban J connectivity index is 3.41. The van der Waals surface area contributed by atoms with Gasteiger partial charge < -0.3 is 5.11 Å². The van der Waals surface area contributed by atoms with Crippen LogP contribution in [0.3, 0.4) is 0 Å². The average Bonchev–Trinajstić information content (AvgIpc) is 2.19. The Bertz CT molecular complexity index is 461. The molecule has 1 unspecified atom stereocenters. The third kappa shape index (κ3) is 2.43. The first-order valence-corrected chi connectivity index (χ1v) is 4.96. The normalized spacial score (nSPS) is 12.2. The number of carboxylic acid groups (broad SMARTS) is 1. The SMILES string of the molecule is CC(C(=O)O)c1cc(Cl)c(Cl)cc1[N+](=O)[O-]. The molecule has 1 atom stereocenters. The van der Waals surface area contributed by atoms with E-state index in [2.05, 4.69) is 0 Å². The summed E-state index contributed by atoms with van der Waals surface area (Å²) in [5.74, 6) is -2.18. The van der Waals surface area contributed by atoms with Gasteiger partial charge in [0, 0.05) is 11.6 Å². The van der Waals surface area contributed by atoms with E-state index in [0.717, 1.165) is 6.07 Å². The van der Waals surface area contributed by atoms with Crippen LogP contribution >= 0.6 is 23.2 Å². The molecule has 5 nitrogen and oxygen atoms in total. The van der Waals surface area contributed by atoms with Gasteiger partial charge in [0.2, 0.25) is 0 Å². The van der Waals surface area contributed by atoms with Crippen molar-refractivity contribution in [2.24, 2.45) is 0 Å². The van der Waals surface area contributed by atoms with Crippen LogP contribution in [-0.2, 0) is 4.79 Å². The second-order valence-corrected chi connectivity index (χ2v) is 3.96. The number of nitrogens with zero attached hydrogens (tertiary/aromatic N) is 1. The zero-order valence-electron chi connectivity index (χ0n) is 8.11. The molecule has 1 aromatic carbocycles. The van der Waals surface area contributed by atoms with Crippen molar-refractivity contribution in [3.05, 3.63) is 37.9 Å². The highest BCUT2D eigenvalue weighted by Gasteiger charge is 2.25. The van der Waals surface area contributed by atoms with E-state index in [4.69, 9.17) is 28.3 Å². The highest BCUT2D eigenvalue weighted by molar-refractivity contribution is 6.42. The van der Waals surface area contributed by atoms with Crippen LogP contribution in [0.25, 0.3) is 0 Å². The Labute approximate surface area is 101 Å². The molecule has 0 bridgehead atoms. The Morgan fingerprint density at radius 1 is 1.44 bits per heavy atom. The van der Waals surface area contributed by atoms with Crippen molar-refractivity contribution in [1.29, 1.82) is 0 Å². The van der Waals surface area contributed by atoms with E-state index in [0.29, 0.717) is 0 Å². The van der Waals surface area contributed by atoms with Crippen molar-refractivity contribution < 1.29 is 14.8 Å². The Kier molecular flexibility index (Phi) is 3.72. The molecule has 0 saturated carbocycles. The van der Waals surface area contributed by atoms with Crippen molar-refractivity contribution in [3.8, 4) is 0 Å². The largest absolute Gasteiger partial charge is 0.481 e.